The zero-order valence-electron chi connectivity index (χ0n) is 11.8. The van der Waals surface area contributed by atoms with Crippen molar-refractivity contribution in [2.75, 3.05) is 26.9 Å². The first-order valence-electron chi connectivity index (χ1n) is 5.83. The molecule has 6 nitrogen and oxygen atoms in total. The minimum absolute atomic E-state index is 0.115. The molecule has 0 bridgehead atoms. The van der Waals surface area contributed by atoms with E-state index in [1.54, 1.807) is 0 Å². The molecule has 0 aromatic rings. The molecule has 107 valence electrons. The molecule has 0 aliphatic heterocycles. The molecule has 0 amide bonds. The van der Waals surface area contributed by atoms with Crippen molar-refractivity contribution >= 4 is 11.8 Å². The van der Waals surface area contributed by atoms with Crippen LogP contribution in [0.15, 0.2) is 0 Å². The SMILES string of the molecule is CC[O][Zr]([O]CC)[O]CC.COC(=O)CC(C)=O. The van der Waals surface area contributed by atoms with Gasteiger partial charge in [-0.2, -0.15) is 0 Å². The summed E-state index contributed by atoms with van der Waals surface area (Å²) >= 11 is -2.26. The topological polar surface area (TPSA) is 71.1 Å². The standard InChI is InChI=1S/C5H8O3.3C2H5O.Zr/c1-4(6)3-5(7)8-2;3*1-2-3;/h3H2,1-2H3;3*2H2,1H3;/q;3*-1;+3. The first kappa shape index (κ1) is 20.2. The maximum atomic E-state index is 10.2. The number of ketones is 1. The van der Waals surface area contributed by atoms with Crippen molar-refractivity contribution in [1.29, 1.82) is 0 Å². The second kappa shape index (κ2) is 15.0. The smallest absolute Gasteiger partial charge is 0.313 e. The maximum absolute atomic E-state index is 10.2. The first-order valence-corrected chi connectivity index (χ1v) is 8.84. The van der Waals surface area contributed by atoms with E-state index >= 15 is 0 Å². The fourth-order valence-corrected chi connectivity index (χ4v) is 3.11. The Balaban J connectivity index is 0. The van der Waals surface area contributed by atoms with Gasteiger partial charge >= 0.3 is 78.1 Å². The molecular weight excluding hydrogens is 319 g/mol. The van der Waals surface area contributed by atoms with Crippen molar-refractivity contribution in [3.8, 4) is 0 Å². The Hall–Kier alpha value is -0.0969. The Labute approximate surface area is 118 Å². The number of methoxy groups -OCH3 is 1. The van der Waals surface area contributed by atoms with Gasteiger partial charge in [-0.3, -0.25) is 9.59 Å². The number of ether oxygens (including phenoxy) is 1. The normalized spacial score (nSPS) is 9.17. The molecule has 0 aromatic heterocycles. The van der Waals surface area contributed by atoms with Crippen molar-refractivity contribution in [3.05, 3.63) is 0 Å². The van der Waals surface area contributed by atoms with Gasteiger partial charge in [0.15, 0.2) is 0 Å². The minimum Gasteiger partial charge on any atom is -0.469 e. The number of carbonyl (C=O) groups excluding carboxylic acids is 2. The number of hydrogen-bond donors (Lipinski definition) is 0. The third kappa shape index (κ3) is 15.9. The monoisotopic (exact) mass is 341 g/mol. The molecule has 0 saturated heterocycles. The maximum Gasteiger partial charge on any atom is 0.313 e. The van der Waals surface area contributed by atoms with Crippen LogP contribution in [0.2, 0.25) is 0 Å². The largest absolute Gasteiger partial charge is 0.469 e. The van der Waals surface area contributed by atoms with Crippen molar-refractivity contribution in [1.82, 2.24) is 0 Å². The van der Waals surface area contributed by atoms with E-state index in [-0.39, 0.29) is 12.2 Å². The van der Waals surface area contributed by atoms with Crippen LogP contribution in [0.4, 0.5) is 0 Å². The molecule has 0 aliphatic rings. The van der Waals surface area contributed by atoms with E-state index in [2.05, 4.69) is 4.74 Å². The summed E-state index contributed by atoms with van der Waals surface area (Å²) in [6, 6.07) is 0. The van der Waals surface area contributed by atoms with Crippen LogP contribution in [0.1, 0.15) is 34.1 Å². The molecule has 0 spiro atoms. The molecule has 7 heteroatoms. The molecule has 0 atom stereocenters. The summed E-state index contributed by atoms with van der Waals surface area (Å²) < 4.78 is 20.0. The van der Waals surface area contributed by atoms with E-state index in [1.165, 1.54) is 14.0 Å². The molecule has 0 fully saturated rings. The van der Waals surface area contributed by atoms with Gasteiger partial charge in [-0.25, -0.2) is 0 Å². The van der Waals surface area contributed by atoms with Crippen LogP contribution < -0.4 is 0 Å². The molecule has 0 rings (SSSR count). The number of hydrogen-bond acceptors (Lipinski definition) is 6. The van der Waals surface area contributed by atoms with E-state index < -0.39 is 29.0 Å². The van der Waals surface area contributed by atoms with E-state index in [0.717, 1.165) is 0 Å². The summed E-state index contributed by atoms with van der Waals surface area (Å²) in [4.78, 5) is 20.3. The Morgan fingerprint density at radius 1 is 0.944 bits per heavy atom. The minimum atomic E-state index is -2.26. The van der Waals surface area contributed by atoms with E-state index in [0.29, 0.717) is 19.8 Å². The average Bonchev–Trinajstić information content (AvgIpc) is 2.30. The number of Topliss-reactive ketones (excluding diaryl/α,β-unsaturated/α-hetero) is 1. The van der Waals surface area contributed by atoms with Crippen LogP contribution in [0, 0.1) is 0 Å². The molecule has 0 unspecified atom stereocenters. The third-order valence-corrected chi connectivity index (χ3v) is 5.27. The van der Waals surface area contributed by atoms with Crippen molar-refractivity contribution in [3.63, 3.8) is 0 Å². The van der Waals surface area contributed by atoms with Gasteiger partial charge in [0.25, 0.3) is 0 Å². The van der Waals surface area contributed by atoms with Crippen molar-refractivity contribution in [2.24, 2.45) is 0 Å². The zero-order valence-corrected chi connectivity index (χ0v) is 14.2. The van der Waals surface area contributed by atoms with Crippen LogP contribution in [0.25, 0.3) is 0 Å². The van der Waals surface area contributed by atoms with Crippen molar-refractivity contribution < 1.29 is 45.8 Å². The molecule has 0 saturated carbocycles. The van der Waals surface area contributed by atoms with Crippen LogP contribution in [-0.2, 0) is 45.8 Å². The Bertz CT molecular complexity index is 207. The Morgan fingerprint density at radius 2 is 1.33 bits per heavy atom. The zero-order chi connectivity index (χ0) is 14.4. The van der Waals surface area contributed by atoms with Crippen LogP contribution in [0.5, 0.6) is 0 Å². The number of carbonyl (C=O) groups is 2. The molecule has 18 heavy (non-hydrogen) atoms. The summed E-state index contributed by atoms with van der Waals surface area (Å²) in [6.45, 7) is 9.32. The van der Waals surface area contributed by atoms with Crippen LogP contribution >= 0.6 is 0 Å². The van der Waals surface area contributed by atoms with Gasteiger partial charge in [-0.1, -0.05) is 0 Å². The van der Waals surface area contributed by atoms with Gasteiger partial charge in [0.1, 0.15) is 12.2 Å². The average molecular weight is 343 g/mol. The molecule has 0 aromatic carbocycles. The molecule has 0 radical (unpaired) electrons. The first-order chi connectivity index (χ1) is 8.51. The van der Waals surface area contributed by atoms with Gasteiger partial charge < -0.3 is 4.74 Å². The molecule has 0 aliphatic carbocycles. The molecular formula is C11H23O6Zr. The second-order valence-corrected chi connectivity index (χ2v) is 6.36. The third-order valence-electron chi connectivity index (χ3n) is 1.41. The second-order valence-electron chi connectivity index (χ2n) is 3.00. The van der Waals surface area contributed by atoms with Gasteiger partial charge in [-0.15, -0.1) is 0 Å². The summed E-state index contributed by atoms with van der Waals surface area (Å²) in [7, 11) is 1.26. The van der Waals surface area contributed by atoms with Gasteiger partial charge in [0.05, 0.1) is 7.11 Å². The quantitative estimate of drug-likeness (QED) is 0.493. The Morgan fingerprint density at radius 3 is 1.50 bits per heavy atom. The predicted molar refractivity (Wildman–Crippen MR) is 62.2 cm³/mol. The predicted octanol–water partition coefficient (Wildman–Crippen LogP) is 1.60. The van der Waals surface area contributed by atoms with Crippen molar-refractivity contribution in [2.45, 2.75) is 34.1 Å². The van der Waals surface area contributed by atoms with E-state index in [4.69, 9.17) is 8.44 Å². The molecule has 0 N–H and O–H groups in total. The fraction of sp³-hybridized carbons (Fsp3) is 0.818. The van der Waals surface area contributed by atoms with Gasteiger partial charge in [0, 0.05) is 0 Å². The van der Waals surface area contributed by atoms with E-state index in [1.807, 2.05) is 20.8 Å². The summed E-state index contributed by atoms with van der Waals surface area (Å²) in [5.41, 5.74) is 0. The fourth-order valence-electron chi connectivity index (χ4n) is 0.754. The van der Waals surface area contributed by atoms with Gasteiger partial charge in [-0.05, 0) is 6.92 Å². The molecule has 0 heterocycles. The summed E-state index contributed by atoms with van der Waals surface area (Å²) in [5.74, 6) is -0.644. The van der Waals surface area contributed by atoms with E-state index in [9.17, 15) is 9.59 Å². The Kier molecular flexibility index (Phi) is 16.8. The summed E-state index contributed by atoms with van der Waals surface area (Å²) in [5, 5.41) is 0. The number of esters is 1. The summed E-state index contributed by atoms with van der Waals surface area (Å²) in [6.07, 6.45) is -0.115. The van der Waals surface area contributed by atoms with Gasteiger partial charge in [0.2, 0.25) is 0 Å². The van der Waals surface area contributed by atoms with Crippen LogP contribution in [0.3, 0.4) is 0 Å². The number of rotatable bonds is 8. The van der Waals surface area contributed by atoms with Crippen LogP contribution in [-0.4, -0.2) is 38.7 Å².